The highest BCUT2D eigenvalue weighted by Crippen LogP contribution is 2.43. The quantitative estimate of drug-likeness (QED) is 0.487. The maximum atomic E-state index is 13.7. The van der Waals surface area contributed by atoms with Crippen LogP contribution in [0.1, 0.15) is 59.2 Å². The molecule has 0 radical (unpaired) electrons. The Bertz CT molecular complexity index is 1040. The first-order chi connectivity index (χ1) is 15.8. The molecule has 2 heterocycles. The summed E-state index contributed by atoms with van der Waals surface area (Å²) in [4.78, 5) is 35.5. The van der Waals surface area contributed by atoms with Crippen LogP contribution in [0.15, 0.2) is 35.6 Å². The molecule has 1 N–H and O–H groups in total. The van der Waals surface area contributed by atoms with Crippen molar-refractivity contribution in [1.82, 2.24) is 14.8 Å². The van der Waals surface area contributed by atoms with Crippen LogP contribution < -0.4 is 4.74 Å². The molecule has 1 atom stereocenters. The van der Waals surface area contributed by atoms with E-state index in [0.29, 0.717) is 41.6 Å². The van der Waals surface area contributed by atoms with Gasteiger partial charge in [0.25, 0.3) is 5.91 Å². The van der Waals surface area contributed by atoms with Crippen LogP contribution in [0.4, 0.5) is 0 Å². The molecule has 1 aromatic heterocycles. The van der Waals surface area contributed by atoms with Gasteiger partial charge in [0.2, 0.25) is 5.78 Å². The number of aliphatic hydroxyl groups is 1. The minimum atomic E-state index is -0.726. The largest absolute Gasteiger partial charge is 0.503 e. The van der Waals surface area contributed by atoms with E-state index < -0.39 is 17.7 Å². The van der Waals surface area contributed by atoms with Crippen molar-refractivity contribution in [3.8, 4) is 5.75 Å². The third-order valence-electron chi connectivity index (χ3n) is 5.88. The van der Waals surface area contributed by atoms with Gasteiger partial charge in [-0.25, -0.2) is 4.98 Å². The van der Waals surface area contributed by atoms with Crippen molar-refractivity contribution >= 4 is 23.0 Å². The Morgan fingerprint density at radius 1 is 1.21 bits per heavy atom. The van der Waals surface area contributed by atoms with Crippen molar-refractivity contribution in [2.45, 2.75) is 47.1 Å². The number of ether oxygens (including phenoxy) is 1. The van der Waals surface area contributed by atoms with Gasteiger partial charge in [0.15, 0.2) is 5.76 Å². The van der Waals surface area contributed by atoms with E-state index in [4.69, 9.17) is 4.74 Å². The highest BCUT2D eigenvalue weighted by molar-refractivity contribution is 7.14. The minimum Gasteiger partial charge on any atom is -0.503 e. The minimum absolute atomic E-state index is 0.0962. The molecule has 1 unspecified atom stereocenters. The van der Waals surface area contributed by atoms with Gasteiger partial charge in [-0.15, -0.1) is 11.3 Å². The normalized spacial score (nSPS) is 16.2. The van der Waals surface area contributed by atoms with Crippen LogP contribution in [-0.2, 0) is 4.79 Å². The summed E-state index contributed by atoms with van der Waals surface area (Å²) >= 11 is 1.28. The fourth-order valence-corrected chi connectivity index (χ4v) is 5.02. The number of thiazole rings is 1. The second-order valence-electron chi connectivity index (χ2n) is 8.05. The van der Waals surface area contributed by atoms with Crippen LogP contribution in [0.5, 0.6) is 5.75 Å². The summed E-state index contributed by atoms with van der Waals surface area (Å²) in [5, 5.41) is 11.7. The van der Waals surface area contributed by atoms with Crippen molar-refractivity contribution in [1.29, 1.82) is 0 Å². The number of carbonyl (C=O) groups is 2. The highest BCUT2D eigenvalue weighted by atomic mass is 32.1. The lowest BCUT2D eigenvalue weighted by Gasteiger charge is -2.30. The van der Waals surface area contributed by atoms with Gasteiger partial charge in [0.1, 0.15) is 5.75 Å². The number of benzene rings is 1. The summed E-state index contributed by atoms with van der Waals surface area (Å²) in [7, 11) is 0. The number of nitrogens with zero attached hydrogens (tertiary/aromatic N) is 3. The number of aryl methyl sites for hydroxylation is 2. The van der Waals surface area contributed by atoms with E-state index in [2.05, 4.69) is 23.7 Å². The third kappa shape index (κ3) is 5.12. The first-order valence-corrected chi connectivity index (χ1v) is 12.3. The van der Waals surface area contributed by atoms with Crippen molar-refractivity contribution < 1.29 is 19.4 Å². The zero-order valence-electron chi connectivity index (χ0n) is 20.1. The van der Waals surface area contributed by atoms with Gasteiger partial charge in [-0.3, -0.25) is 9.59 Å². The van der Waals surface area contributed by atoms with Crippen molar-refractivity contribution in [2.24, 2.45) is 0 Å². The molecule has 0 saturated heterocycles. The van der Waals surface area contributed by atoms with Gasteiger partial charge >= 0.3 is 0 Å². The number of ketones is 1. The summed E-state index contributed by atoms with van der Waals surface area (Å²) in [5.74, 6) is -0.758. The van der Waals surface area contributed by atoms with Crippen LogP contribution in [0.25, 0.3) is 0 Å². The Kier molecular flexibility index (Phi) is 8.26. The van der Waals surface area contributed by atoms with Gasteiger partial charge in [0.05, 0.1) is 33.8 Å². The average Bonchev–Trinajstić information content (AvgIpc) is 3.28. The van der Waals surface area contributed by atoms with Gasteiger partial charge in [-0.05, 0) is 39.4 Å². The lowest BCUT2D eigenvalue weighted by Crippen LogP contribution is -2.38. The topological polar surface area (TPSA) is 83.0 Å². The number of aromatic nitrogens is 1. The number of hydrogen-bond donors (Lipinski definition) is 1. The molecule has 33 heavy (non-hydrogen) atoms. The molecule has 0 bridgehead atoms. The summed E-state index contributed by atoms with van der Waals surface area (Å²) < 4.78 is 5.97. The van der Waals surface area contributed by atoms with Gasteiger partial charge in [-0.1, -0.05) is 39.0 Å². The maximum absolute atomic E-state index is 13.7. The van der Waals surface area contributed by atoms with Crippen molar-refractivity contribution in [3.63, 3.8) is 0 Å². The number of aliphatic hydroxyl groups excluding tert-OH is 1. The number of rotatable bonds is 11. The summed E-state index contributed by atoms with van der Waals surface area (Å²) in [6.07, 6.45) is 0.829. The van der Waals surface area contributed by atoms with Crippen LogP contribution in [0, 0.1) is 13.8 Å². The number of Topliss-reactive ketones (excluding diaryl/α,β-unsaturated/α-hetero) is 1. The Hall–Kier alpha value is -2.71. The Balaban J connectivity index is 2.09. The monoisotopic (exact) mass is 471 g/mol. The molecular weight excluding hydrogens is 438 g/mol. The number of carbonyl (C=O) groups excluding carboxylic acids is 2. The van der Waals surface area contributed by atoms with Crippen molar-refractivity contribution in [2.75, 3.05) is 32.8 Å². The van der Waals surface area contributed by atoms with E-state index >= 15 is 0 Å². The molecule has 8 heteroatoms. The van der Waals surface area contributed by atoms with Crippen LogP contribution in [0.3, 0.4) is 0 Å². The number of hydrogen-bond acceptors (Lipinski definition) is 7. The number of likely N-dealkylation sites (N-methyl/N-ethyl adjacent to an activating group) is 1. The Morgan fingerprint density at radius 2 is 1.91 bits per heavy atom. The maximum Gasteiger partial charge on any atom is 0.290 e. The van der Waals surface area contributed by atoms with Crippen LogP contribution in [-0.4, -0.2) is 64.4 Å². The smallest absolute Gasteiger partial charge is 0.290 e. The molecule has 7 nitrogen and oxygen atoms in total. The predicted molar refractivity (Wildman–Crippen MR) is 130 cm³/mol. The number of amides is 1. The fourth-order valence-electron chi connectivity index (χ4n) is 4.14. The molecule has 1 amide bonds. The van der Waals surface area contributed by atoms with E-state index in [9.17, 15) is 14.7 Å². The zero-order valence-corrected chi connectivity index (χ0v) is 20.9. The van der Waals surface area contributed by atoms with Crippen molar-refractivity contribution in [3.05, 3.63) is 56.7 Å². The van der Waals surface area contributed by atoms with Crippen LogP contribution >= 0.6 is 11.3 Å². The Labute approximate surface area is 199 Å². The van der Waals surface area contributed by atoms with E-state index in [1.165, 1.54) is 11.3 Å². The standard InChI is InChI=1S/C25H33N3O4S/c1-6-15-32-19-12-10-9-11-18(19)21-20(22(29)24-16(4)26-17(5)33-24)23(30)25(31)28(21)14-13-27(7-2)8-3/h9-12,21,30H,6-8,13-15H2,1-5H3. The fraction of sp³-hybridized carbons (Fsp3) is 0.480. The second-order valence-corrected chi connectivity index (χ2v) is 9.26. The molecule has 0 fully saturated rings. The molecule has 1 aliphatic heterocycles. The molecule has 3 rings (SSSR count). The summed E-state index contributed by atoms with van der Waals surface area (Å²) in [5.41, 5.74) is 1.40. The first kappa shape index (κ1) is 24.9. The van der Waals surface area contributed by atoms with E-state index in [-0.39, 0.29) is 11.4 Å². The highest BCUT2D eigenvalue weighted by Gasteiger charge is 2.45. The van der Waals surface area contributed by atoms with Crippen LogP contribution in [0.2, 0.25) is 0 Å². The lowest BCUT2D eigenvalue weighted by molar-refractivity contribution is -0.129. The molecule has 1 aliphatic rings. The molecule has 1 aromatic carbocycles. The third-order valence-corrected chi connectivity index (χ3v) is 6.96. The van der Waals surface area contributed by atoms with E-state index in [0.717, 1.165) is 24.5 Å². The molecule has 0 aliphatic carbocycles. The molecular formula is C25H33N3O4S. The van der Waals surface area contributed by atoms with Gasteiger partial charge in [-0.2, -0.15) is 0 Å². The number of para-hydroxylation sites is 1. The van der Waals surface area contributed by atoms with E-state index in [1.807, 2.05) is 38.1 Å². The Morgan fingerprint density at radius 3 is 2.52 bits per heavy atom. The SMILES string of the molecule is CCCOc1ccccc1C1C(C(=O)c2sc(C)nc2C)=C(O)C(=O)N1CCN(CC)CC. The van der Waals surface area contributed by atoms with E-state index in [1.54, 1.807) is 11.8 Å². The summed E-state index contributed by atoms with van der Waals surface area (Å²) in [6, 6.07) is 6.71. The summed E-state index contributed by atoms with van der Waals surface area (Å²) in [6.45, 7) is 13.0. The molecule has 2 aromatic rings. The van der Waals surface area contributed by atoms with Gasteiger partial charge in [0, 0.05) is 18.7 Å². The molecule has 178 valence electrons. The van der Waals surface area contributed by atoms with Gasteiger partial charge < -0.3 is 19.6 Å². The molecule has 0 saturated carbocycles. The second kappa shape index (κ2) is 10.9. The first-order valence-electron chi connectivity index (χ1n) is 11.5. The zero-order chi connectivity index (χ0) is 24.1. The molecule has 0 spiro atoms. The lowest BCUT2D eigenvalue weighted by atomic mass is 9.94. The average molecular weight is 472 g/mol. The predicted octanol–water partition coefficient (Wildman–Crippen LogP) is 4.47.